The number of carbonyl (C=O) groups is 2. The highest BCUT2D eigenvalue weighted by Crippen LogP contribution is 2.34. The van der Waals surface area contributed by atoms with Gasteiger partial charge in [-0.05, 0) is 44.8 Å². The second kappa shape index (κ2) is 9.44. The van der Waals surface area contributed by atoms with Crippen molar-refractivity contribution >= 4 is 28.4 Å². The van der Waals surface area contributed by atoms with Gasteiger partial charge >= 0.3 is 0 Å². The number of amides is 1. The van der Waals surface area contributed by atoms with Crippen molar-refractivity contribution in [2.75, 3.05) is 39.5 Å². The molecule has 1 heterocycles. The van der Waals surface area contributed by atoms with Crippen LogP contribution in [0.1, 0.15) is 40.5 Å². The maximum Gasteiger partial charge on any atom is 0.230 e. The molecule has 0 bridgehead atoms. The summed E-state index contributed by atoms with van der Waals surface area (Å²) in [5.74, 6) is 0.866. The quantitative estimate of drug-likeness (QED) is 0.551. The van der Waals surface area contributed by atoms with Gasteiger partial charge in [-0.2, -0.15) is 0 Å². The van der Waals surface area contributed by atoms with Crippen LogP contribution in [0.2, 0.25) is 0 Å². The molecule has 0 radical (unpaired) electrons. The summed E-state index contributed by atoms with van der Waals surface area (Å²) in [6, 6.07) is 15.3. The predicted molar refractivity (Wildman–Crippen MR) is 126 cm³/mol. The number of hydrogen-bond acceptors (Lipinski definition) is 6. The lowest BCUT2D eigenvalue weighted by Gasteiger charge is -2.21. The van der Waals surface area contributed by atoms with Crippen LogP contribution >= 0.6 is 0 Å². The monoisotopic (exact) mass is 431 g/mol. The lowest BCUT2D eigenvalue weighted by molar-refractivity contribution is -0.132. The highest BCUT2D eigenvalue weighted by atomic mass is 16.2. The van der Waals surface area contributed by atoms with Crippen molar-refractivity contribution in [2.24, 2.45) is 0 Å². The summed E-state index contributed by atoms with van der Waals surface area (Å²) in [6.07, 6.45) is 1.22. The summed E-state index contributed by atoms with van der Waals surface area (Å²) in [4.78, 5) is 38.7. The van der Waals surface area contributed by atoms with Gasteiger partial charge in [0.1, 0.15) is 5.82 Å². The van der Waals surface area contributed by atoms with Crippen LogP contribution in [0.15, 0.2) is 48.5 Å². The zero-order valence-corrected chi connectivity index (χ0v) is 18.8. The number of hydrogen-bond donors (Lipinski definition) is 1. The molecule has 0 saturated carbocycles. The molecule has 1 aliphatic carbocycles. The lowest BCUT2D eigenvalue weighted by atomic mass is 10.00. The smallest absolute Gasteiger partial charge is 0.230 e. The van der Waals surface area contributed by atoms with Crippen LogP contribution in [0.25, 0.3) is 10.9 Å². The van der Waals surface area contributed by atoms with Crippen LogP contribution in [-0.2, 0) is 11.3 Å². The number of para-hydroxylation sites is 1. The number of aromatic nitrogens is 2. The Kier molecular flexibility index (Phi) is 6.46. The third kappa shape index (κ3) is 4.62. The Labute approximate surface area is 188 Å². The van der Waals surface area contributed by atoms with Gasteiger partial charge in [0.25, 0.3) is 0 Å². The lowest BCUT2D eigenvalue weighted by Crippen LogP contribution is -2.31. The Morgan fingerprint density at radius 1 is 1.06 bits per heavy atom. The summed E-state index contributed by atoms with van der Waals surface area (Å²) < 4.78 is 0. The Balaban J connectivity index is 1.52. The summed E-state index contributed by atoms with van der Waals surface area (Å²) in [7, 11) is 5.86. The number of likely N-dealkylation sites (N-methyl/N-ethyl adjacent to an activating group) is 1. The molecule has 0 saturated heterocycles. The van der Waals surface area contributed by atoms with Gasteiger partial charge in [0.05, 0.1) is 18.0 Å². The summed E-state index contributed by atoms with van der Waals surface area (Å²) in [5.41, 5.74) is 2.32. The first-order valence-corrected chi connectivity index (χ1v) is 11.0. The number of nitrogens with zero attached hydrogens (tertiary/aromatic N) is 4. The second-order valence-corrected chi connectivity index (χ2v) is 8.55. The van der Waals surface area contributed by atoms with Crippen molar-refractivity contribution in [1.82, 2.24) is 19.8 Å². The number of ketones is 1. The Bertz CT molecular complexity index is 1140. The Hall–Kier alpha value is -3.32. The first-order chi connectivity index (χ1) is 15.4. The molecule has 0 fully saturated rings. The van der Waals surface area contributed by atoms with Gasteiger partial charge in [0, 0.05) is 31.0 Å². The van der Waals surface area contributed by atoms with E-state index in [1.807, 2.05) is 42.5 Å². The fourth-order valence-electron chi connectivity index (χ4n) is 4.17. The zero-order chi connectivity index (χ0) is 22.7. The van der Waals surface area contributed by atoms with Crippen molar-refractivity contribution in [3.05, 3.63) is 65.5 Å². The largest absolute Gasteiger partial charge is 0.369 e. The van der Waals surface area contributed by atoms with Crippen LogP contribution in [0, 0.1) is 0 Å². The fourth-order valence-corrected chi connectivity index (χ4v) is 4.17. The molecule has 0 spiro atoms. The van der Waals surface area contributed by atoms with E-state index < -0.39 is 5.92 Å². The first kappa shape index (κ1) is 21.9. The van der Waals surface area contributed by atoms with Crippen LogP contribution in [0.3, 0.4) is 0 Å². The van der Waals surface area contributed by atoms with Gasteiger partial charge in [-0.15, -0.1) is 0 Å². The number of Topliss-reactive ketones (excluding diaryl/α,β-unsaturated/α-hetero) is 1. The molecule has 1 amide bonds. The number of carbonyl (C=O) groups excluding carboxylic acids is 2. The van der Waals surface area contributed by atoms with Crippen LogP contribution in [0.5, 0.6) is 0 Å². The van der Waals surface area contributed by atoms with Gasteiger partial charge in [-0.3, -0.25) is 9.59 Å². The zero-order valence-electron chi connectivity index (χ0n) is 18.8. The normalized spacial score (nSPS) is 15.2. The third-order valence-corrected chi connectivity index (χ3v) is 5.80. The molecule has 1 unspecified atom stereocenters. The number of fused-ring (bicyclic) bond motifs is 2. The van der Waals surface area contributed by atoms with Crippen LogP contribution in [-0.4, -0.2) is 65.7 Å². The standard InChI is InChI=1S/C25H29N5O2/c1-29(2)14-8-13-26-24-19-11-6-7-12-21(19)27-23(28-24)16-30(3)25(32)20-15-22(31)18-10-5-4-9-17(18)20/h4-7,9-12,20H,8,13-16H2,1-3H3,(H,26,27,28). The number of anilines is 1. The number of rotatable bonds is 8. The van der Waals surface area contributed by atoms with E-state index in [9.17, 15) is 9.59 Å². The molecule has 1 aromatic heterocycles. The highest BCUT2D eigenvalue weighted by Gasteiger charge is 2.35. The van der Waals surface area contributed by atoms with Gasteiger partial charge in [-0.25, -0.2) is 9.97 Å². The van der Waals surface area contributed by atoms with E-state index in [0.717, 1.165) is 41.8 Å². The molecular weight excluding hydrogens is 402 g/mol. The molecule has 1 atom stereocenters. The van der Waals surface area contributed by atoms with Gasteiger partial charge in [0.15, 0.2) is 11.6 Å². The maximum atomic E-state index is 13.2. The van der Waals surface area contributed by atoms with Crippen molar-refractivity contribution in [3.63, 3.8) is 0 Å². The van der Waals surface area contributed by atoms with Gasteiger partial charge < -0.3 is 15.1 Å². The van der Waals surface area contributed by atoms with E-state index in [1.54, 1.807) is 18.0 Å². The third-order valence-electron chi connectivity index (χ3n) is 5.80. The first-order valence-electron chi connectivity index (χ1n) is 11.0. The number of nitrogens with one attached hydrogen (secondary N) is 1. The molecule has 2 aromatic carbocycles. The van der Waals surface area contributed by atoms with Crippen LogP contribution < -0.4 is 5.32 Å². The SMILES string of the molecule is CN(C)CCCNc1nc(CN(C)C(=O)C2CC(=O)c3ccccc32)nc2ccccc12. The maximum absolute atomic E-state index is 13.2. The average molecular weight is 432 g/mol. The molecule has 1 aliphatic rings. The summed E-state index contributed by atoms with van der Waals surface area (Å²) >= 11 is 0. The van der Waals surface area contributed by atoms with Crippen LogP contribution in [0.4, 0.5) is 5.82 Å². The molecule has 7 heteroatoms. The van der Waals surface area contributed by atoms with Crippen molar-refractivity contribution in [3.8, 4) is 0 Å². The van der Waals surface area contributed by atoms with E-state index in [2.05, 4.69) is 29.3 Å². The van der Waals surface area contributed by atoms with Gasteiger partial charge in [0.2, 0.25) is 5.91 Å². The van der Waals surface area contributed by atoms with E-state index in [0.29, 0.717) is 11.4 Å². The Morgan fingerprint density at radius 2 is 1.81 bits per heavy atom. The minimum atomic E-state index is -0.437. The van der Waals surface area contributed by atoms with E-state index in [4.69, 9.17) is 4.98 Å². The van der Waals surface area contributed by atoms with Crippen molar-refractivity contribution < 1.29 is 9.59 Å². The molecule has 166 valence electrons. The molecule has 32 heavy (non-hydrogen) atoms. The molecule has 7 nitrogen and oxygen atoms in total. The summed E-state index contributed by atoms with van der Waals surface area (Å²) in [6.45, 7) is 2.07. The predicted octanol–water partition coefficient (Wildman–Crippen LogP) is 3.32. The van der Waals surface area contributed by atoms with E-state index in [-0.39, 0.29) is 24.7 Å². The minimum Gasteiger partial charge on any atom is -0.369 e. The minimum absolute atomic E-state index is 0.0264. The highest BCUT2D eigenvalue weighted by molar-refractivity contribution is 6.06. The molecule has 1 N–H and O–H groups in total. The fraction of sp³-hybridized carbons (Fsp3) is 0.360. The van der Waals surface area contributed by atoms with Gasteiger partial charge in [-0.1, -0.05) is 36.4 Å². The molecule has 4 rings (SSSR count). The molecule has 0 aliphatic heterocycles. The second-order valence-electron chi connectivity index (χ2n) is 8.55. The topological polar surface area (TPSA) is 78.4 Å². The van der Waals surface area contributed by atoms with E-state index in [1.165, 1.54) is 0 Å². The average Bonchev–Trinajstić information content (AvgIpc) is 3.12. The Morgan fingerprint density at radius 3 is 2.62 bits per heavy atom. The van der Waals surface area contributed by atoms with E-state index >= 15 is 0 Å². The summed E-state index contributed by atoms with van der Waals surface area (Å²) in [5, 5.41) is 4.40. The molecule has 3 aromatic rings. The van der Waals surface area contributed by atoms with Crippen molar-refractivity contribution in [1.29, 1.82) is 0 Å². The number of benzene rings is 2. The molecular formula is C25H29N5O2. The van der Waals surface area contributed by atoms with Crippen molar-refractivity contribution in [2.45, 2.75) is 25.3 Å².